The van der Waals surface area contributed by atoms with Gasteiger partial charge >= 0.3 is 0 Å². The van der Waals surface area contributed by atoms with Gasteiger partial charge in [-0.15, -0.1) is 0 Å². The SMILES string of the molecule is C1CC[NH+](CC2OCCCCO2)CC1. The van der Waals surface area contributed by atoms with Gasteiger partial charge in [-0.3, -0.25) is 0 Å². The second-order valence-electron chi connectivity index (χ2n) is 4.39. The Kier molecular flexibility index (Phi) is 4.22. The molecule has 0 aliphatic carbocycles. The van der Waals surface area contributed by atoms with Crippen molar-refractivity contribution in [2.45, 2.75) is 38.4 Å². The van der Waals surface area contributed by atoms with Gasteiger partial charge in [0.15, 0.2) is 0 Å². The van der Waals surface area contributed by atoms with Crippen molar-refractivity contribution in [3.8, 4) is 0 Å². The van der Waals surface area contributed by atoms with E-state index in [1.165, 1.54) is 32.4 Å². The molecule has 0 aromatic rings. The van der Waals surface area contributed by atoms with E-state index >= 15 is 0 Å². The molecule has 0 aromatic heterocycles. The maximum Gasteiger partial charge on any atom is 0.207 e. The molecule has 1 N–H and O–H groups in total. The lowest BCUT2D eigenvalue weighted by atomic mass is 10.1. The molecule has 2 aliphatic rings. The third kappa shape index (κ3) is 3.23. The molecule has 0 bridgehead atoms. The van der Waals surface area contributed by atoms with Gasteiger partial charge in [0.25, 0.3) is 0 Å². The van der Waals surface area contributed by atoms with Gasteiger partial charge in [-0.2, -0.15) is 0 Å². The monoisotopic (exact) mass is 200 g/mol. The summed E-state index contributed by atoms with van der Waals surface area (Å²) in [5.74, 6) is 0. The Morgan fingerprint density at radius 1 is 0.857 bits per heavy atom. The first-order valence-corrected chi connectivity index (χ1v) is 6.02. The van der Waals surface area contributed by atoms with Gasteiger partial charge in [0.1, 0.15) is 6.54 Å². The van der Waals surface area contributed by atoms with Gasteiger partial charge in [-0.1, -0.05) is 0 Å². The summed E-state index contributed by atoms with van der Waals surface area (Å²) in [5, 5.41) is 0. The van der Waals surface area contributed by atoms with E-state index in [0.29, 0.717) is 0 Å². The predicted octanol–water partition coefficient (Wildman–Crippen LogP) is 0.208. The van der Waals surface area contributed by atoms with Crippen molar-refractivity contribution >= 4 is 0 Å². The lowest BCUT2D eigenvalue weighted by Crippen LogP contribution is -3.14. The normalized spacial score (nSPS) is 27.4. The molecule has 0 aromatic carbocycles. The molecule has 2 saturated heterocycles. The zero-order chi connectivity index (χ0) is 9.64. The number of likely N-dealkylation sites (tertiary alicyclic amines) is 1. The maximum absolute atomic E-state index is 5.66. The number of quaternary nitrogens is 1. The molecule has 3 heteroatoms. The van der Waals surface area contributed by atoms with E-state index in [2.05, 4.69) is 0 Å². The van der Waals surface area contributed by atoms with Crippen LogP contribution in [0.15, 0.2) is 0 Å². The van der Waals surface area contributed by atoms with Gasteiger partial charge in [-0.05, 0) is 32.1 Å². The highest BCUT2D eigenvalue weighted by Gasteiger charge is 2.21. The standard InChI is InChI=1S/C11H21NO2/c1-2-6-12(7-3-1)10-11-13-8-4-5-9-14-11/h11H,1-10H2/p+1. The Bertz CT molecular complexity index is 149. The van der Waals surface area contributed by atoms with Crippen LogP contribution in [0.5, 0.6) is 0 Å². The summed E-state index contributed by atoms with van der Waals surface area (Å²) in [5.41, 5.74) is 0. The molecule has 2 fully saturated rings. The summed E-state index contributed by atoms with van der Waals surface area (Å²) < 4.78 is 11.3. The van der Waals surface area contributed by atoms with Gasteiger partial charge in [0.2, 0.25) is 6.29 Å². The van der Waals surface area contributed by atoms with E-state index in [1.54, 1.807) is 4.90 Å². The molecule has 0 amide bonds. The number of hydrogen-bond donors (Lipinski definition) is 1. The first-order valence-electron chi connectivity index (χ1n) is 6.02. The summed E-state index contributed by atoms with van der Waals surface area (Å²) in [6.45, 7) is 5.45. The number of ether oxygens (including phenoxy) is 2. The molecule has 0 saturated carbocycles. The predicted molar refractivity (Wildman–Crippen MR) is 54.3 cm³/mol. The topological polar surface area (TPSA) is 22.9 Å². The molecule has 14 heavy (non-hydrogen) atoms. The average molecular weight is 200 g/mol. The lowest BCUT2D eigenvalue weighted by molar-refractivity contribution is -0.910. The van der Waals surface area contributed by atoms with Crippen molar-refractivity contribution in [3.63, 3.8) is 0 Å². The molecular formula is C11H22NO2+. The Morgan fingerprint density at radius 2 is 1.50 bits per heavy atom. The summed E-state index contributed by atoms with van der Waals surface area (Å²) in [6, 6.07) is 0. The molecule has 2 aliphatic heterocycles. The highest BCUT2D eigenvalue weighted by molar-refractivity contribution is 4.52. The summed E-state index contributed by atoms with van der Waals surface area (Å²) in [6.07, 6.45) is 6.56. The van der Waals surface area contributed by atoms with Crippen LogP contribution in [0, 0.1) is 0 Å². The highest BCUT2D eigenvalue weighted by Crippen LogP contribution is 2.04. The van der Waals surface area contributed by atoms with Crippen LogP contribution in [0.4, 0.5) is 0 Å². The van der Waals surface area contributed by atoms with Crippen LogP contribution in [0.1, 0.15) is 32.1 Å². The Balaban J connectivity index is 1.71. The number of rotatable bonds is 2. The van der Waals surface area contributed by atoms with E-state index in [0.717, 1.165) is 32.6 Å². The molecule has 2 rings (SSSR count). The molecule has 0 unspecified atom stereocenters. The smallest absolute Gasteiger partial charge is 0.207 e. The molecule has 3 nitrogen and oxygen atoms in total. The van der Waals surface area contributed by atoms with E-state index in [9.17, 15) is 0 Å². The third-order valence-corrected chi connectivity index (χ3v) is 3.16. The summed E-state index contributed by atoms with van der Waals surface area (Å²) in [7, 11) is 0. The molecule has 0 atom stereocenters. The van der Waals surface area contributed by atoms with Crippen LogP contribution in [0.3, 0.4) is 0 Å². The van der Waals surface area contributed by atoms with E-state index in [-0.39, 0.29) is 6.29 Å². The molecular weight excluding hydrogens is 178 g/mol. The highest BCUT2D eigenvalue weighted by atomic mass is 16.7. The van der Waals surface area contributed by atoms with Crippen LogP contribution in [-0.2, 0) is 9.47 Å². The zero-order valence-electron chi connectivity index (χ0n) is 8.96. The quantitative estimate of drug-likeness (QED) is 0.688. The fourth-order valence-electron chi connectivity index (χ4n) is 2.29. The second-order valence-corrected chi connectivity index (χ2v) is 4.39. The summed E-state index contributed by atoms with van der Waals surface area (Å²) >= 11 is 0. The lowest BCUT2D eigenvalue weighted by Gasteiger charge is -2.26. The van der Waals surface area contributed by atoms with Crippen LogP contribution < -0.4 is 4.90 Å². The zero-order valence-corrected chi connectivity index (χ0v) is 8.96. The fourth-order valence-corrected chi connectivity index (χ4v) is 2.29. The Hall–Kier alpha value is -0.120. The minimum Gasteiger partial charge on any atom is -0.348 e. The minimum atomic E-state index is 0.0746. The fraction of sp³-hybridized carbons (Fsp3) is 1.00. The van der Waals surface area contributed by atoms with Gasteiger partial charge in [0.05, 0.1) is 26.3 Å². The molecule has 0 spiro atoms. The van der Waals surface area contributed by atoms with Crippen molar-refractivity contribution in [1.82, 2.24) is 0 Å². The average Bonchev–Trinajstić information content (AvgIpc) is 2.48. The number of piperidine rings is 1. The van der Waals surface area contributed by atoms with E-state index in [1.807, 2.05) is 0 Å². The van der Waals surface area contributed by atoms with Crippen LogP contribution in [0.25, 0.3) is 0 Å². The molecule has 0 radical (unpaired) electrons. The van der Waals surface area contributed by atoms with E-state index < -0.39 is 0 Å². The van der Waals surface area contributed by atoms with Crippen molar-refractivity contribution in [1.29, 1.82) is 0 Å². The second kappa shape index (κ2) is 5.69. The van der Waals surface area contributed by atoms with Gasteiger partial charge in [-0.25, -0.2) is 0 Å². The summed E-state index contributed by atoms with van der Waals surface area (Å²) in [4.78, 5) is 1.67. The van der Waals surface area contributed by atoms with Crippen molar-refractivity contribution < 1.29 is 14.4 Å². The van der Waals surface area contributed by atoms with Crippen molar-refractivity contribution in [2.24, 2.45) is 0 Å². The van der Waals surface area contributed by atoms with Gasteiger partial charge < -0.3 is 14.4 Å². The first-order chi connectivity index (χ1) is 6.95. The van der Waals surface area contributed by atoms with Crippen LogP contribution >= 0.6 is 0 Å². The Morgan fingerprint density at radius 3 is 2.14 bits per heavy atom. The minimum absolute atomic E-state index is 0.0746. The number of hydrogen-bond acceptors (Lipinski definition) is 2. The van der Waals surface area contributed by atoms with Crippen molar-refractivity contribution in [3.05, 3.63) is 0 Å². The first kappa shape index (κ1) is 10.4. The van der Waals surface area contributed by atoms with Gasteiger partial charge in [0, 0.05) is 0 Å². The molecule has 2 heterocycles. The maximum atomic E-state index is 5.66. The Labute approximate surface area is 86.4 Å². The third-order valence-electron chi connectivity index (χ3n) is 3.16. The number of nitrogens with one attached hydrogen (secondary N) is 1. The van der Waals surface area contributed by atoms with Crippen LogP contribution in [-0.4, -0.2) is 39.1 Å². The van der Waals surface area contributed by atoms with E-state index in [4.69, 9.17) is 9.47 Å². The van der Waals surface area contributed by atoms with Crippen molar-refractivity contribution in [2.75, 3.05) is 32.8 Å². The molecule has 82 valence electrons. The largest absolute Gasteiger partial charge is 0.348 e. The van der Waals surface area contributed by atoms with Crippen LogP contribution in [0.2, 0.25) is 0 Å².